The van der Waals surface area contributed by atoms with Crippen LogP contribution in [0.25, 0.3) is 6.08 Å². The Hall–Kier alpha value is -3.22. The average Bonchev–Trinajstić information content (AvgIpc) is 2.73. The first-order chi connectivity index (χ1) is 13.9. The molecular formula is C23H21NO4S. The third-order valence-corrected chi connectivity index (χ3v) is 5.84. The molecule has 29 heavy (non-hydrogen) atoms. The van der Waals surface area contributed by atoms with E-state index in [2.05, 4.69) is 4.72 Å². The molecule has 0 aliphatic carbocycles. The normalized spacial score (nSPS) is 12.7. The smallest absolute Gasteiger partial charge is 0.328 e. The zero-order chi connectivity index (χ0) is 20.7. The largest absolute Gasteiger partial charge is 0.478 e. The third-order valence-electron chi connectivity index (χ3n) is 4.37. The van der Waals surface area contributed by atoms with Crippen LogP contribution in [0.2, 0.25) is 0 Å². The number of nitrogens with one attached hydrogen (secondary N) is 1. The summed E-state index contributed by atoms with van der Waals surface area (Å²) in [7, 11) is -3.82. The lowest BCUT2D eigenvalue weighted by atomic mass is 10.00. The maximum absolute atomic E-state index is 13.0. The van der Waals surface area contributed by atoms with E-state index in [4.69, 9.17) is 5.11 Å². The van der Waals surface area contributed by atoms with Gasteiger partial charge in [0.15, 0.2) is 0 Å². The van der Waals surface area contributed by atoms with Gasteiger partial charge < -0.3 is 5.11 Å². The summed E-state index contributed by atoms with van der Waals surface area (Å²) in [6, 6.07) is 24.8. The summed E-state index contributed by atoms with van der Waals surface area (Å²) in [5, 5.41) is 8.77. The van der Waals surface area contributed by atoms with E-state index in [1.165, 1.54) is 18.2 Å². The monoisotopic (exact) mass is 407 g/mol. The van der Waals surface area contributed by atoms with E-state index in [9.17, 15) is 13.2 Å². The van der Waals surface area contributed by atoms with Crippen LogP contribution in [-0.2, 0) is 21.2 Å². The van der Waals surface area contributed by atoms with Crippen molar-refractivity contribution in [2.24, 2.45) is 0 Å². The van der Waals surface area contributed by atoms with Gasteiger partial charge in [0.25, 0.3) is 0 Å². The van der Waals surface area contributed by atoms with E-state index < -0.39 is 22.0 Å². The first-order valence-corrected chi connectivity index (χ1v) is 10.5. The van der Waals surface area contributed by atoms with Crippen LogP contribution in [0, 0.1) is 0 Å². The highest BCUT2D eigenvalue weighted by Gasteiger charge is 2.22. The van der Waals surface area contributed by atoms with Gasteiger partial charge in [-0.15, -0.1) is 0 Å². The molecule has 0 amide bonds. The second kappa shape index (κ2) is 9.32. The summed E-state index contributed by atoms with van der Waals surface area (Å²) in [6.07, 6.45) is 2.84. The summed E-state index contributed by atoms with van der Waals surface area (Å²) in [5.74, 6) is -1.09. The maximum Gasteiger partial charge on any atom is 0.328 e. The molecule has 1 atom stereocenters. The van der Waals surface area contributed by atoms with Gasteiger partial charge in [0.2, 0.25) is 10.0 Å². The minimum absolute atomic E-state index is 0.0824. The van der Waals surface area contributed by atoms with Crippen molar-refractivity contribution in [3.05, 3.63) is 108 Å². The highest BCUT2D eigenvalue weighted by atomic mass is 32.2. The van der Waals surface area contributed by atoms with Crippen molar-refractivity contribution < 1.29 is 18.3 Å². The molecule has 0 bridgehead atoms. The predicted molar refractivity (Wildman–Crippen MR) is 113 cm³/mol. The molecule has 0 fully saturated rings. The topological polar surface area (TPSA) is 83.5 Å². The number of aliphatic carboxylic acids is 1. The Kier molecular flexibility index (Phi) is 6.59. The molecular weight excluding hydrogens is 386 g/mol. The molecule has 0 heterocycles. The van der Waals surface area contributed by atoms with Crippen molar-refractivity contribution in [1.29, 1.82) is 0 Å². The molecule has 3 rings (SSSR count). The zero-order valence-electron chi connectivity index (χ0n) is 15.6. The van der Waals surface area contributed by atoms with Gasteiger partial charge in [-0.25, -0.2) is 17.9 Å². The highest BCUT2D eigenvalue weighted by Crippen LogP contribution is 2.22. The van der Waals surface area contributed by atoms with E-state index in [0.29, 0.717) is 12.0 Å². The van der Waals surface area contributed by atoms with Crippen LogP contribution in [0.5, 0.6) is 0 Å². The van der Waals surface area contributed by atoms with Crippen LogP contribution in [0.4, 0.5) is 0 Å². The minimum atomic E-state index is -3.82. The molecule has 0 spiro atoms. The molecule has 0 aliphatic heterocycles. The Morgan fingerprint density at radius 2 is 1.59 bits per heavy atom. The van der Waals surface area contributed by atoms with E-state index in [1.54, 1.807) is 12.1 Å². The van der Waals surface area contributed by atoms with Crippen molar-refractivity contribution >= 4 is 22.1 Å². The molecule has 0 saturated heterocycles. The Morgan fingerprint density at radius 3 is 2.24 bits per heavy atom. The van der Waals surface area contributed by atoms with Crippen molar-refractivity contribution in [1.82, 2.24) is 4.72 Å². The SMILES string of the molecule is O=C(O)C=Cc1cccc(S(=O)(=O)NC(Cc2ccccc2)c2ccccc2)c1. The van der Waals surface area contributed by atoms with Crippen molar-refractivity contribution in [3.8, 4) is 0 Å². The first-order valence-electron chi connectivity index (χ1n) is 9.06. The number of carbonyl (C=O) groups is 1. The van der Waals surface area contributed by atoms with Gasteiger partial charge in [0.05, 0.1) is 10.9 Å². The van der Waals surface area contributed by atoms with Gasteiger partial charge in [-0.05, 0) is 41.3 Å². The summed E-state index contributed by atoms with van der Waals surface area (Å²) in [6.45, 7) is 0. The number of carboxylic acids is 1. The van der Waals surface area contributed by atoms with Crippen LogP contribution in [0.3, 0.4) is 0 Å². The van der Waals surface area contributed by atoms with E-state index in [0.717, 1.165) is 17.2 Å². The Morgan fingerprint density at radius 1 is 0.931 bits per heavy atom. The summed E-state index contributed by atoms with van der Waals surface area (Å²) >= 11 is 0. The highest BCUT2D eigenvalue weighted by molar-refractivity contribution is 7.89. The average molecular weight is 407 g/mol. The zero-order valence-corrected chi connectivity index (χ0v) is 16.4. The number of hydrogen-bond acceptors (Lipinski definition) is 3. The molecule has 0 radical (unpaired) electrons. The van der Waals surface area contributed by atoms with E-state index >= 15 is 0 Å². The number of rotatable bonds is 8. The van der Waals surface area contributed by atoms with Gasteiger partial charge in [0.1, 0.15) is 0 Å². The Bertz CT molecular complexity index is 1090. The minimum Gasteiger partial charge on any atom is -0.478 e. The molecule has 0 aromatic heterocycles. The Balaban J connectivity index is 1.90. The van der Waals surface area contributed by atoms with Crippen molar-refractivity contribution in [3.63, 3.8) is 0 Å². The fourth-order valence-corrected chi connectivity index (χ4v) is 4.25. The molecule has 3 aromatic rings. The van der Waals surface area contributed by atoms with Gasteiger partial charge in [-0.3, -0.25) is 0 Å². The molecule has 6 heteroatoms. The molecule has 148 valence electrons. The number of carboxylic acid groups (broad SMARTS) is 1. The van der Waals surface area contributed by atoms with Gasteiger partial charge >= 0.3 is 5.97 Å². The summed E-state index contributed by atoms with van der Waals surface area (Å²) in [5.41, 5.74) is 2.37. The molecule has 2 N–H and O–H groups in total. The van der Waals surface area contributed by atoms with Crippen molar-refractivity contribution in [2.45, 2.75) is 17.4 Å². The number of sulfonamides is 1. The standard InChI is InChI=1S/C23H21NO4S/c25-23(26)15-14-19-10-7-13-21(16-19)29(27,28)24-22(20-11-5-2-6-12-20)17-18-8-3-1-4-9-18/h1-16,22,24H,17H2,(H,25,26). The lowest BCUT2D eigenvalue weighted by Gasteiger charge is -2.20. The van der Waals surface area contributed by atoms with E-state index in [-0.39, 0.29) is 4.90 Å². The third kappa shape index (κ3) is 5.88. The van der Waals surface area contributed by atoms with E-state index in [1.807, 2.05) is 60.7 Å². The van der Waals surface area contributed by atoms with Crippen LogP contribution < -0.4 is 4.72 Å². The van der Waals surface area contributed by atoms with Gasteiger partial charge in [-0.2, -0.15) is 0 Å². The summed E-state index contributed by atoms with van der Waals surface area (Å²) in [4.78, 5) is 10.8. The van der Waals surface area contributed by atoms with Crippen LogP contribution in [-0.4, -0.2) is 19.5 Å². The second-order valence-electron chi connectivity index (χ2n) is 6.52. The quantitative estimate of drug-likeness (QED) is 0.552. The molecule has 0 aliphatic rings. The van der Waals surface area contributed by atoms with Crippen LogP contribution in [0.15, 0.2) is 95.9 Å². The van der Waals surface area contributed by atoms with Crippen LogP contribution >= 0.6 is 0 Å². The molecule has 5 nitrogen and oxygen atoms in total. The van der Waals surface area contributed by atoms with Crippen LogP contribution in [0.1, 0.15) is 22.7 Å². The molecule has 0 saturated carbocycles. The lowest BCUT2D eigenvalue weighted by molar-refractivity contribution is -0.131. The van der Waals surface area contributed by atoms with Crippen molar-refractivity contribution in [2.75, 3.05) is 0 Å². The summed E-state index contributed by atoms with van der Waals surface area (Å²) < 4.78 is 28.9. The lowest BCUT2D eigenvalue weighted by Crippen LogP contribution is -2.30. The predicted octanol–water partition coefficient (Wildman–Crippen LogP) is 4.05. The second-order valence-corrected chi connectivity index (χ2v) is 8.23. The van der Waals surface area contributed by atoms with Gasteiger partial charge in [0, 0.05) is 6.08 Å². The fraction of sp³-hybridized carbons (Fsp3) is 0.0870. The number of benzene rings is 3. The first kappa shape index (κ1) is 20.5. The van der Waals surface area contributed by atoms with Gasteiger partial charge in [-0.1, -0.05) is 72.8 Å². The Labute approximate surface area is 170 Å². The number of hydrogen-bond donors (Lipinski definition) is 2. The fourth-order valence-electron chi connectivity index (χ4n) is 2.97. The molecule has 1 unspecified atom stereocenters. The molecule has 3 aromatic carbocycles. The maximum atomic E-state index is 13.0.